The summed E-state index contributed by atoms with van der Waals surface area (Å²) in [7, 11) is -7.47. The second kappa shape index (κ2) is 7.95. The molecule has 0 unspecified atom stereocenters. The van der Waals surface area contributed by atoms with Crippen molar-refractivity contribution in [1.29, 1.82) is 0 Å². The lowest BCUT2D eigenvalue weighted by Gasteiger charge is -2.32. The van der Waals surface area contributed by atoms with Crippen molar-refractivity contribution in [3.05, 3.63) is 53.4 Å². The van der Waals surface area contributed by atoms with Gasteiger partial charge in [-0.25, -0.2) is 22.0 Å². The summed E-state index contributed by atoms with van der Waals surface area (Å²) in [4.78, 5) is 11.1. The second-order valence-corrected chi connectivity index (χ2v) is 9.95. The van der Waals surface area contributed by atoms with E-state index in [-0.39, 0.29) is 21.5 Å². The van der Waals surface area contributed by atoms with Gasteiger partial charge in [-0.2, -0.15) is 4.31 Å². The van der Waals surface area contributed by atoms with E-state index in [1.165, 1.54) is 16.4 Å². The Balaban J connectivity index is 1.69. The molecule has 0 bridgehead atoms. The summed E-state index contributed by atoms with van der Waals surface area (Å²) < 4.78 is 49.6. The van der Waals surface area contributed by atoms with Crippen LogP contribution < -0.4 is 10.5 Å². The highest BCUT2D eigenvalue weighted by Crippen LogP contribution is 2.30. The van der Waals surface area contributed by atoms with Gasteiger partial charge in [0.05, 0.1) is 15.5 Å². The molecule has 150 valence electrons. The highest BCUT2D eigenvalue weighted by atomic mass is 32.2. The summed E-state index contributed by atoms with van der Waals surface area (Å²) in [5, 5.41) is 11.1. The van der Waals surface area contributed by atoms with Crippen molar-refractivity contribution in [2.75, 3.05) is 18.4 Å². The number of nitroso groups, excluding NO2 is 1. The predicted molar refractivity (Wildman–Crippen MR) is 105 cm³/mol. The maximum Gasteiger partial charge on any atom is 0.243 e. The maximum atomic E-state index is 12.7. The monoisotopic (exact) mass is 424 g/mol. The summed E-state index contributed by atoms with van der Waals surface area (Å²) in [5.74, 6) is 0. The quantitative estimate of drug-likeness (QED) is 0.680. The van der Waals surface area contributed by atoms with E-state index in [9.17, 15) is 21.7 Å². The number of nitrogens with one attached hydrogen (secondary N) is 1. The third-order valence-electron chi connectivity index (χ3n) is 4.59. The molecule has 1 fully saturated rings. The third kappa shape index (κ3) is 4.38. The number of anilines is 1. The smallest absolute Gasteiger partial charge is 0.243 e. The molecule has 1 aliphatic rings. The van der Waals surface area contributed by atoms with Gasteiger partial charge >= 0.3 is 0 Å². The molecule has 2 aromatic carbocycles. The minimum absolute atomic E-state index is 0.0640. The fourth-order valence-electron chi connectivity index (χ4n) is 3.09. The van der Waals surface area contributed by atoms with Crippen LogP contribution in [-0.2, 0) is 20.0 Å². The van der Waals surface area contributed by atoms with Gasteiger partial charge in [0, 0.05) is 19.1 Å². The summed E-state index contributed by atoms with van der Waals surface area (Å²) in [6.07, 6.45) is 1.06. The molecule has 9 nitrogen and oxygen atoms in total. The van der Waals surface area contributed by atoms with Crippen molar-refractivity contribution in [3.63, 3.8) is 0 Å². The van der Waals surface area contributed by atoms with Crippen LogP contribution in [0.1, 0.15) is 12.8 Å². The molecule has 0 saturated carbocycles. The molecular weight excluding hydrogens is 404 g/mol. The van der Waals surface area contributed by atoms with Crippen molar-refractivity contribution in [1.82, 2.24) is 4.31 Å². The van der Waals surface area contributed by atoms with E-state index >= 15 is 0 Å². The molecule has 0 aromatic heterocycles. The SMILES string of the molecule is NS(=O)(=O)c1ccc(NC2CCN(S(=O)(=O)c3ccccc3)CC2)c(N=O)c1. The molecule has 28 heavy (non-hydrogen) atoms. The Kier molecular flexibility index (Phi) is 5.79. The van der Waals surface area contributed by atoms with Crippen LogP contribution in [0.15, 0.2) is 63.5 Å². The normalized spacial score (nSPS) is 16.6. The van der Waals surface area contributed by atoms with Crippen LogP contribution in [-0.4, -0.2) is 40.3 Å². The number of nitrogens with zero attached hydrogens (tertiary/aromatic N) is 2. The van der Waals surface area contributed by atoms with Crippen molar-refractivity contribution in [3.8, 4) is 0 Å². The van der Waals surface area contributed by atoms with Crippen LogP contribution in [0.25, 0.3) is 0 Å². The summed E-state index contributed by atoms with van der Waals surface area (Å²) in [6.45, 7) is 0.655. The number of piperidine rings is 1. The summed E-state index contributed by atoms with van der Waals surface area (Å²) in [6, 6.07) is 12.0. The zero-order chi connectivity index (χ0) is 20.4. The van der Waals surface area contributed by atoms with Gasteiger partial charge in [0.15, 0.2) is 0 Å². The number of sulfonamides is 2. The van der Waals surface area contributed by atoms with Crippen LogP contribution in [0.3, 0.4) is 0 Å². The second-order valence-electron chi connectivity index (χ2n) is 6.45. The predicted octanol–water partition coefficient (Wildman–Crippen LogP) is 2.00. The van der Waals surface area contributed by atoms with Gasteiger partial charge in [-0.15, -0.1) is 4.91 Å². The fraction of sp³-hybridized carbons (Fsp3) is 0.294. The molecule has 0 amide bonds. The first-order valence-electron chi connectivity index (χ1n) is 8.54. The Morgan fingerprint density at radius 3 is 2.18 bits per heavy atom. The topological polar surface area (TPSA) is 139 Å². The average Bonchev–Trinajstić information content (AvgIpc) is 2.68. The van der Waals surface area contributed by atoms with Gasteiger partial charge in [-0.1, -0.05) is 18.2 Å². The Morgan fingerprint density at radius 1 is 0.964 bits per heavy atom. The van der Waals surface area contributed by atoms with Crippen LogP contribution in [0.5, 0.6) is 0 Å². The molecule has 0 radical (unpaired) electrons. The van der Waals surface area contributed by atoms with Crippen LogP contribution in [0.4, 0.5) is 11.4 Å². The van der Waals surface area contributed by atoms with E-state index < -0.39 is 20.0 Å². The molecule has 1 aliphatic heterocycles. The van der Waals surface area contributed by atoms with Gasteiger partial charge < -0.3 is 5.32 Å². The van der Waals surface area contributed by atoms with Gasteiger partial charge in [0.1, 0.15) is 5.69 Å². The Morgan fingerprint density at radius 2 is 1.61 bits per heavy atom. The molecule has 2 aromatic rings. The summed E-state index contributed by atoms with van der Waals surface area (Å²) in [5.41, 5.74) is 0.317. The third-order valence-corrected chi connectivity index (χ3v) is 7.41. The molecule has 0 atom stereocenters. The van der Waals surface area contributed by atoms with Crippen LogP contribution >= 0.6 is 0 Å². The van der Waals surface area contributed by atoms with E-state index in [0.717, 1.165) is 6.07 Å². The lowest BCUT2D eigenvalue weighted by atomic mass is 10.1. The van der Waals surface area contributed by atoms with E-state index in [1.807, 2.05) is 0 Å². The van der Waals surface area contributed by atoms with Crippen molar-refractivity contribution < 1.29 is 16.8 Å². The number of benzene rings is 2. The highest BCUT2D eigenvalue weighted by Gasteiger charge is 2.29. The first-order chi connectivity index (χ1) is 13.2. The van der Waals surface area contributed by atoms with E-state index in [4.69, 9.17) is 5.14 Å². The lowest BCUT2D eigenvalue weighted by Crippen LogP contribution is -2.42. The number of rotatable bonds is 6. The summed E-state index contributed by atoms with van der Waals surface area (Å²) >= 11 is 0. The first-order valence-corrected chi connectivity index (χ1v) is 11.5. The van der Waals surface area contributed by atoms with E-state index in [0.29, 0.717) is 31.6 Å². The molecule has 11 heteroatoms. The van der Waals surface area contributed by atoms with Gasteiger partial charge in [-0.3, -0.25) is 0 Å². The largest absolute Gasteiger partial charge is 0.380 e. The van der Waals surface area contributed by atoms with Crippen molar-refractivity contribution in [2.24, 2.45) is 10.3 Å². The standard InChI is InChI=1S/C17H20N4O5S2/c18-27(23,24)15-6-7-16(17(12-15)20-22)19-13-8-10-21(11-9-13)28(25,26)14-4-2-1-3-5-14/h1-7,12-13,19H,8-11H2,(H2,18,23,24). The number of hydrogen-bond acceptors (Lipinski definition) is 7. The first kappa shape index (κ1) is 20.4. The van der Waals surface area contributed by atoms with E-state index in [1.54, 1.807) is 30.3 Å². The van der Waals surface area contributed by atoms with Crippen molar-refractivity contribution in [2.45, 2.75) is 28.7 Å². The molecule has 0 spiro atoms. The van der Waals surface area contributed by atoms with Crippen molar-refractivity contribution >= 4 is 31.4 Å². The van der Waals surface area contributed by atoms with Gasteiger partial charge in [0.25, 0.3) is 0 Å². The molecule has 0 aliphatic carbocycles. The molecular formula is C17H20N4O5S2. The Labute approximate surface area is 163 Å². The lowest BCUT2D eigenvalue weighted by molar-refractivity contribution is 0.330. The Bertz CT molecular complexity index is 1060. The number of hydrogen-bond donors (Lipinski definition) is 2. The zero-order valence-corrected chi connectivity index (χ0v) is 16.5. The van der Waals surface area contributed by atoms with Crippen LogP contribution in [0.2, 0.25) is 0 Å². The number of nitrogens with two attached hydrogens (primary N) is 1. The minimum Gasteiger partial charge on any atom is -0.380 e. The number of primary sulfonamides is 1. The molecule has 3 N–H and O–H groups in total. The molecule has 1 saturated heterocycles. The minimum atomic E-state index is -3.94. The zero-order valence-electron chi connectivity index (χ0n) is 14.9. The molecule has 1 heterocycles. The highest BCUT2D eigenvalue weighted by molar-refractivity contribution is 7.89. The Hall–Kier alpha value is -2.34. The average molecular weight is 425 g/mol. The fourth-order valence-corrected chi connectivity index (χ4v) is 5.11. The van der Waals surface area contributed by atoms with E-state index in [2.05, 4.69) is 10.5 Å². The van der Waals surface area contributed by atoms with Gasteiger partial charge in [0.2, 0.25) is 20.0 Å². The van der Waals surface area contributed by atoms with Crippen LogP contribution in [0, 0.1) is 4.91 Å². The maximum absolute atomic E-state index is 12.7. The molecule has 3 rings (SSSR count). The van der Waals surface area contributed by atoms with Gasteiger partial charge in [-0.05, 0) is 48.4 Å².